The second kappa shape index (κ2) is 2.15. The van der Waals surface area contributed by atoms with Gasteiger partial charge in [-0.1, -0.05) is 0 Å². The zero-order valence-corrected chi connectivity index (χ0v) is 5.66. The van der Waals surface area contributed by atoms with Crippen LogP contribution in [0.5, 0.6) is 5.75 Å². The van der Waals surface area contributed by atoms with Crippen molar-refractivity contribution in [1.29, 1.82) is 0 Å². The van der Waals surface area contributed by atoms with Gasteiger partial charge in [0.05, 0.1) is 0 Å². The van der Waals surface area contributed by atoms with Crippen LogP contribution in [0.3, 0.4) is 0 Å². The summed E-state index contributed by atoms with van der Waals surface area (Å²) in [6, 6.07) is 0. The molecule has 3 N–H and O–H groups in total. The number of carboxylic acids is 1. The molecule has 0 bridgehead atoms. The second-order valence-electron chi connectivity index (χ2n) is 2.00. The molecule has 0 saturated carbocycles. The molecule has 0 atom stereocenters. The van der Waals surface area contributed by atoms with Gasteiger partial charge >= 0.3 is 11.5 Å². The number of aromatic carboxylic acids is 1. The van der Waals surface area contributed by atoms with E-state index in [9.17, 15) is 9.59 Å². The number of aromatic nitrogens is 2. The minimum Gasteiger partial charge on any atom is -0.501 e. The summed E-state index contributed by atoms with van der Waals surface area (Å²) in [4.78, 5) is 20.9. The van der Waals surface area contributed by atoms with Crippen molar-refractivity contribution < 1.29 is 15.0 Å². The van der Waals surface area contributed by atoms with Crippen molar-refractivity contribution in [2.75, 3.05) is 0 Å². The lowest BCUT2D eigenvalue weighted by Crippen LogP contribution is -2.05. The molecule has 6 nitrogen and oxygen atoms in total. The lowest BCUT2D eigenvalue weighted by Gasteiger charge is -1.93. The summed E-state index contributed by atoms with van der Waals surface area (Å²) in [7, 11) is 1.32. The fourth-order valence-corrected chi connectivity index (χ4v) is 0.772. The van der Waals surface area contributed by atoms with Crippen LogP contribution in [0.25, 0.3) is 0 Å². The standard InChI is InChI=1S/C5H6N2O4/c1-7-2(5(10)11)3(8)4(9)6-7/h8H,1H3,(H,6,9)(H,10,11). The molecular weight excluding hydrogens is 152 g/mol. The third-order valence-electron chi connectivity index (χ3n) is 1.25. The van der Waals surface area contributed by atoms with E-state index in [-0.39, 0.29) is 0 Å². The molecule has 0 fully saturated rings. The topological polar surface area (TPSA) is 95.3 Å². The summed E-state index contributed by atoms with van der Waals surface area (Å²) in [6.07, 6.45) is 0. The third-order valence-corrected chi connectivity index (χ3v) is 1.25. The maximum atomic E-state index is 10.6. The van der Waals surface area contributed by atoms with Crippen molar-refractivity contribution in [2.24, 2.45) is 7.05 Å². The van der Waals surface area contributed by atoms with Crippen molar-refractivity contribution in [1.82, 2.24) is 9.78 Å². The highest BCUT2D eigenvalue weighted by Crippen LogP contribution is 2.07. The lowest BCUT2D eigenvalue weighted by molar-refractivity contribution is 0.0681. The Morgan fingerprint density at radius 2 is 2.18 bits per heavy atom. The van der Waals surface area contributed by atoms with E-state index in [1.165, 1.54) is 7.05 Å². The number of carboxylic acid groups (broad SMARTS) is 1. The van der Waals surface area contributed by atoms with Crippen LogP contribution >= 0.6 is 0 Å². The molecule has 0 aliphatic heterocycles. The Balaban J connectivity index is 3.46. The van der Waals surface area contributed by atoms with Crippen molar-refractivity contribution >= 4 is 5.97 Å². The summed E-state index contributed by atoms with van der Waals surface area (Å²) in [5.74, 6) is -2.11. The predicted molar refractivity (Wildman–Crippen MR) is 34.7 cm³/mol. The van der Waals surface area contributed by atoms with Crippen molar-refractivity contribution in [2.45, 2.75) is 0 Å². The molecule has 0 unspecified atom stereocenters. The van der Waals surface area contributed by atoms with Crippen LogP contribution in [-0.4, -0.2) is 26.0 Å². The maximum absolute atomic E-state index is 10.6. The van der Waals surface area contributed by atoms with Crippen LogP contribution in [-0.2, 0) is 7.05 Å². The number of hydrogen-bond acceptors (Lipinski definition) is 3. The van der Waals surface area contributed by atoms with Gasteiger partial charge in [0, 0.05) is 7.05 Å². The number of carbonyl (C=O) groups is 1. The third kappa shape index (κ3) is 0.977. The number of aromatic hydroxyl groups is 1. The summed E-state index contributed by atoms with van der Waals surface area (Å²) < 4.78 is 0.944. The number of hydrogen-bond donors (Lipinski definition) is 3. The van der Waals surface area contributed by atoms with E-state index in [4.69, 9.17) is 10.2 Å². The number of nitrogens with one attached hydrogen (secondary N) is 1. The van der Waals surface area contributed by atoms with Crippen LogP contribution in [0.15, 0.2) is 4.79 Å². The first-order chi connectivity index (χ1) is 5.04. The summed E-state index contributed by atoms with van der Waals surface area (Å²) in [5, 5.41) is 19.4. The van der Waals surface area contributed by atoms with Gasteiger partial charge in [0.15, 0.2) is 5.69 Å². The molecule has 1 rings (SSSR count). The average molecular weight is 158 g/mol. The van der Waals surface area contributed by atoms with Gasteiger partial charge in [-0.3, -0.25) is 14.6 Å². The van der Waals surface area contributed by atoms with E-state index >= 15 is 0 Å². The van der Waals surface area contributed by atoms with Gasteiger partial charge in [-0.05, 0) is 0 Å². The molecular formula is C5H6N2O4. The average Bonchev–Trinajstić information content (AvgIpc) is 2.07. The molecule has 0 amide bonds. The monoisotopic (exact) mass is 158 g/mol. The zero-order valence-electron chi connectivity index (χ0n) is 5.66. The zero-order chi connectivity index (χ0) is 8.59. The second-order valence-corrected chi connectivity index (χ2v) is 2.00. The molecule has 0 aromatic carbocycles. The van der Waals surface area contributed by atoms with Gasteiger partial charge in [-0.15, -0.1) is 0 Å². The van der Waals surface area contributed by atoms with Crippen LogP contribution in [0.2, 0.25) is 0 Å². The van der Waals surface area contributed by atoms with E-state index in [0.29, 0.717) is 0 Å². The molecule has 6 heteroatoms. The summed E-state index contributed by atoms with van der Waals surface area (Å²) in [5.41, 5.74) is -1.24. The van der Waals surface area contributed by atoms with Gasteiger partial charge in [0.2, 0.25) is 5.75 Å². The fraction of sp³-hybridized carbons (Fsp3) is 0.200. The Morgan fingerprint density at radius 3 is 2.36 bits per heavy atom. The van der Waals surface area contributed by atoms with E-state index in [2.05, 4.69) is 5.10 Å². The van der Waals surface area contributed by atoms with Crippen LogP contribution < -0.4 is 5.56 Å². The Labute approximate surface area is 60.7 Å². The number of nitrogens with zero attached hydrogens (tertiary/aromatic N) is 1. The van der Waals surface area contributed by atoms with Gasteiger partial charge in [0.25, 0.3) is 0 Å². The molecule has 0 aliphatic rings. The minimum absolute atomic E-state index is 0.435. The largest absolute Gasteiger partial charge is 0.501 e. The molecule has 11 heavy (non-hydrogen) atoms. The van der Waals surface area contributed by atoms with Gasteiger partial charge < -0.3 is 10.2 Å². The molecule has 0 spiro atoms. The van der Waals surface area contributed by atoms with Crippen molar-refractivity contribution in [3.63, 3.8) is 0 Å². The first kappa shape index (κ1) is 7.39. The number of H-pyrrole nitrogens is 1. The quantitative estimate of drug-likeness (QED) is 0.494. The Morgan fingerprint density at radius 1 is 1.64 bits per heavy atom. The molecule has 1 heterocycles. The molecule has 0 aliphatic carbocycles. The highest BCUT2D eigenvalue weighted by atomic mass is 16.4. The SMILES string of the molecule is Cn1[nH]c(=O)c(O)c1C(=O)O. The smallest absolute Gasteiger partial charge is 0.358 e. The summed E-state index contributed by atoms with van der Waals surface area (Å²) in [6.45, 7) is 0. The summed E-state index contributed by atoms with van der Waals surface area (Å²) >= 11 is 0. The number of aryl methyl sites for hydroxylation is 1. The van der Waals surface area contributed by atoms with E-state index in [1.807, 2.05) is 0 Å². The van der Waals surface area contributed by atoms with E-state index in [1.54, 1.807) is 0 Å². The normalized spacial score (nSPS) is 9.91. The number of rotatable bonds is 1. The Bertz CT molecular complexity index is 348. The van der Waals surface area contributed by atoms with Gasteiger partial charge in [-0.25, -0.2) is 4.79 Å². The molecule has 1 aromatic heterocycles. The Hall–Kier alpha value is -1.72. The van der Waals surface area contributed by atoms with Crippen molar-refractivity contribution in [3.05, 3.63) is 16.0 Å². The lowest BCUT2D eigenvalue weighted by atomic mass is 10.4. The fourth-order valence-electron chi connectivity index (χ4n) is 0.772. The predicted octanol–water partition coefficient (Wildman–Crippen LogP) is -0.883. The highest BCUT2D eigenvalue weighted by Gasteiger charge is 2.17. The van der Waals surface area contributed by atoms with Crippen LogP contribution in [0.4, 0.5) is 0 Å². The maximum Gasteiger partial charge on any atom is 0.358 e. The van der Waals surface area contributed by atoms with Gasteiger partial charge in [0.1, 0.15) is 0 Å². The minimum atomic E-state index is -1.34. The molecule has 60 valence electrons. The van der Waals surface area contributed by atoms with Gasteiger partial charge in [-0.2, -0.15) is 0 Å². The Kier molecular flexibility index (Phi) is 1.45. The van der Waals surface area contributed by atoms with Crippen LogP contribution in [0.1, 0.15) is 10.5 Å². The highest BCUT2D eigenvalue weighted by molar-refractivity contribution is 5.88. The molecule has 0 radical (unpaired) electrons. The molecule has 1 aromatic rings. The first-order valence-electron chi connectivity index (χ1n) is 2.75. The first-order valence-corrected chi connectivity index (χ1v) is 2.75. The van der Waals surface area contributed by atoms with E-state index < -0.39 is 23.0 Å². The number of aromatic amines is 1. The van der Waals surface area contributed by atoms with Crippen molar-refractivity contribution in [3.8, 4) is 5.75 Å². The van der Waals surface area contributed by atoms with Crippen LogP contribution in [0, 0.1) is 0 Å². The van der Waals surface area contributed by atoms with E-state index in [0.717, 1.165) is 4.68 Å². The molecule has 0 saturated heterocycles.